The van der Waals surface area contributed by atoms with Gasteiger partial charge in [-0.3, -0.25) is 8.37 Å². The van der Waals surface area contributed by atoms with Crippen molar-refractivity contribution in [3.63, 3.8) is 0 Å². The molecule has 2 bridgehead atoms. The third-order valence-corrected chi connectivity index (χ3v) is 9.35. The first-order valence-corrected chi connectivity index (χ1v) is 14.2. The minimum atomic E-state index is -3.64. The van der Waals surface area contributed by atoms with Crippen molar-refractivity contribution in [1.29, 1.82) is 0 Å². The van der Waals surface area contributed by atoms with Crippen molar-refractivity contribution in [2.45, 2.75) is 50.0 Å². The maximum atomic E-state index is 12.4. The molecule has 3 fully saturated rings. The fraction of sp³-hybridized carbons (Fsp3) is 0.500. The fourth-order valence-corrected chi connectivity index (χ4v) is 7.07. The van der Waals surface area contributed by atoms with Crippen molar-refractivity contribution in [2.24, 2.45) is 10.8 Å². The summed E-state index contributed by atoms with van der Waals surface area (Å²) in [5, 5.41) is 0. The summed E-state index contributed by atoms with van der Waals surface area (Å²) in [6.45, 7) is 0.400. The standard InChI is InChI=1S/C24H30O6S2/c25-31(26,17-21-7-3-1-4-8-21)29-19-23-11-14-24(15-12-23,16-13-23)20-30-32(27,28)18-22-9-5-2-6-10-22/h1-10H,11-20H2. The average Bonchev–Trinajstić information content (AvgIpc) is 2.79. The molecule has 5 rings (SSSR count). The van der Waals surface area contributed by atoms with Gasteiger partial charge in [-0.1, -0.05) is 60.7 Å². The molecule has 2 aromatic rings. The van der Waals surface area contributed by atoms with Gasteiger partial charge in [-0.25, -0.2) is 0 Å². The molecular formula is C24H30O6S2. The molecule has 32 heavy (non-hydrogen) atoms. The first-order valence-electron chi connectivity index (χ1n) is 11.0. The quantitative estimate of drug-likeness (QED) is 0.470. The molecule has 3 aliphatic carbocycles. The van der Waals surface area contributed by atoms with Gasteiger partial charge in [0.2, 0.25) is 0 Å². The van der Waals surface area contributed by atoms with Gasteiger partial charge in [0.1, 0.15) is 11.5 Å². The molecule has 0 N–H and O–H groups in total. The van der Waals surface area contributed by atoms with Crippen molar-refractivity contribution < 1.29 is 25.2 Å². The molecule has 0 unspecified atom stereocenters. The summed E-state index contributed by atoms with van der Waals surface area (Å²) in [5.41, 5.74) is 1.14. The van der Waals surface area contributed by atoms with E-state index < -0.39 is 20.2 Å². The maximum absolute atomic E-state index is 12.4. The lowest BCUT2D eigenvalue weighted by Gasteiger charge is -2.52. The topological polar surface area (TPSA) is 86.7 Å². The highest BCUT2D eigenvalue weighted by atomic mass is 32.2. The lowest BCUT2D eigenvalue weighted by molar-refractivity contribution is -0.0541. The van der Waals surface area contributed by atoms with Crippen molar-refractivity contribution in [3.8, 4) is 0 Å². The van der Waals surface area contributed by atoms with Gasteiger partial charge < -0.3 is 0 Å². The summed E-state index contributed by atoms with van der Waals surface area (Å²) >= 11 is 0. The number of rotatable bonds is 10. The Hall–Kier alpha value is -1.74. The van der Waals surface area contributed by atoms with Crippen LogP contribution in [-0.2, 0) is 40.1 Å². The molecule has 3 aliphatic rings. The van der Waals surface area contributed by atoms with Gasteiger partial charge in [-0.05, 0) is 60.5 Å². The van der Waals surface area contributed by atoms with Crippen LogP contribution < -0.4 is 0 Å². The summed E-state index contributed by atoms with van der Waals surface area (Å²) < 4.78 is 60.6. The molecule has 0 heterocycles. The molecule has 2 aromatic carbocycles. The summed E-state index contributed by atoms with van der Waals surface area (Å²) in [6, 6.07) is 18.1. The first-order chi connectivity index (χ1) is 15.2. The Morgan fingerprint density at radius 2 is 0.875 bits per heavy atom. The zero-order valence-electron chi connectivity index (χ0n) is 18.1. The largest absolute Gasteiger partial charge is 0.271 e. The normalized spacial score (nSPS) is 25.6. The number of fused-ring (bicyclic) bond motifs is 3. The Kier molecular flexibility index (Phi) is 6.77. The maximum Gasteiger partial charge on any atom is 0.271 e. The predicted molar refractivity (Wildman–Crippen MR) is 123 cm³/mol. The Labute approximate surface area is 191 Å². The highest BCUT2D eigenvalue weighted by Gasteiger charge is 2.49. The molecule has 0 aromatic heterocycles. The lowest BCUT2D eigenvalue weighted by atomic mass is 9.54. The van der Waals surface area contributed by atoms with E-state index in [0.29, 0.717) is 11.1 Å². The number of benzene rings is 2. The zero-order valence-corrected chi connectivity index (χ0v) is 19.7. The van der Waals surface area contributed by atoms with Crippen LogP contribution in [0.3, 0.4) is 0 Å². The van der Waals surface area contributed by atoms with Gasteiger partial charge in [0.05, 0.1) is 13.2 Å². The van der Waals surface area contributed by atoms with E-state index in [4.69, 9.17) is 8.37 Å². The molecule has 8 heteroatoms. The van der Waals surface area contributed by atoms with Crippen LogP contribution in [0.25, 0.3) is 0 Å². The van der Waals surface area contributed by atoms with Gasteiger partial charge in [0, 0.05) is 0 Å². The third kappa shape index (κ3) is 5.98. The van der Waals surface area contributed by atoms with Gasteiger partial charge in [0.15, 0.2) is 0 Å². The molecular weight excluding hydrogens is 448 g/mol. The van der Waals surface area contributed by atoms with Gasteiger partial charge in [0.25, 0.3) is 20.2 Å². The molecule has 0 aliphatic heterocycles. The van der Waals surface area contributed by atoms with Gasteiger partial charge in [-0.15, -0.1) is 0 Å². The van der Waals surface area contributed by atoms with Crippen LogP contribution in [0.1, 0.15) is 49.7 Å². The molecule has 3 saturated carbocycles. The predicted octanol–water partition coefficient (Wildman–Crippen LogP) is 4.42. The van der Waals surface area contributed by atoms with Crippen molar-refractivity contribution in [2.75, 3.05) is 13.2 Å². The van der Waals surface area contributed by atoms with Crippen LogP contribution >= 0.6 is 0 Å². The third-order valence-electron chi connectivity index (χ3n) is 7.02. The van der Waals surface area contributed by atoms with Crippen LogP contribution in [0.5, 0.6) is 0 Å². The summed E-state index contributed by atoms with van der Waals surface area (Å²) in [7, 11) is -7.29. The van der Waals surface area contributed by atoms with Crippen molar-refractivity contribution in [1.82, 2.24) is 0 Å². The van der Waals surface area contributed by atoms with E-state index in [2.05, 4.69) is 0 Å². The van der Waals surface area contributed by atoms with E-state index in [0.717, 1.165) is 38.5 Å². The van der Waals surface area contributed by atoms with Crippen LogP contribution in [-0.4, -0.2) is 30.0 Å². The number of hydrogen-bond acceptors (Lipinski definition) is 6. The van der Waals surface area contributed by atoms with Crippen molar-refractivity contribution >= 4 is 20.2 Å². The molecule has 0 atom stereocenters. The van der Waals surface area contributed by atoms with E-state index in [1.807, 2.05) is 36.4 Å². The SMILES string of the molecule is O=S(=O)(Cc1ccccc1)OCC12CCC(COS(=O)(=O)Cc3ccccc3)(CC1)CC2. The Morgan fingerprint density at radius 3 is 1.19 bits per heavy atom. The Morgan fingerprint density at radius 1 is 0.562 bits per heavy atom. The average molecular weight is 479 g/mol. The second kappa shape index (κ2) is 9.25. The van der Waals surface area contributed by atoms with Crippen LogP contribution in [0.4, 0.5) is 0 Å². The Bertz CT molecular complexity index is 996. The molecule has 174 valence electrons. The summed E-state index contributed by atoms with van der Waals surface area (Å²) in [6.07, 6.45) is 4.98. The molecule has 6 nitrogen and oxygen atoms in total. The summed E-state index contributed by atoms with van der Waals surface area (Å²) in [5.74, 6) is -0.248. The second-order valence-electron chi connectivity index (χ2n) is 9.40. The summed E-state index contributed by atoms with van der Waals surface area (Å²) in [4.78, 5) is 0. The van der Waals surface area contributed by atoms with E-state index in [-0.39, 0.29) is 35.5 Å². The molecule has 0 saturated heterocycles. The van der Waals surface area contributed by atoms with E-state index >= 15 is 0 Å². The molecule has 0 amide bonds. The lowest BCUT2D eigenvalue weighted by Crippen LogP contribution is -2.46. The van der Waals surface area contributed by atoms with Gasteiger partial charge in [-0.2, -0.15) is 16.8 Å². The minimum Gasteiger partial charge on any atom is -0.269 e. The first kappa shape index (κ1) is 23.4. The van der Waals surface area contributed by atoms with Crippen molar-refractivity contribution in [3.05, 3.63) is 71.8 Å². The highest BCUT2D eigenvalue weighted by Crippen LogP contribution is 2.57. The van der Waals surface area contributed by atoms with Crippen LogP contribution in [0, 0.1) is 10.8 Å². The molecule has 0 radical (unpaired) electrons. The Balaban J connectivity index is 1.28. The second-order valence-corrected chi connectivity index (χ2v) is 12.7. The number of hydrogen-bond donors (Lipinski definition) is 0. The van der Waals surface area contributed by atoms with Crippen LogP contribution in [0.2, 0.25) is 0 Å². The minimum absolute atomic E-state index is 0.124. The monoisotopic (exact) mass is 478 g/mol. The zero-order chi connectivity index (χ0) is 22.7. The van der Waals surface area contributed by atoms with E-state index in [1.54, 1.807) is 24.3 Å². The highest BCUT2D eigenvalue weighted by molar-refractivity contribution is 7.86. The smallest absolute Gasteiger partial charge is 0.269 e. The van der Waals surface area contributed by atoms with Gasteiger partial charge >= 0.3 is 0 Å². The van der Waals surface area contributed by atoms with E-state index in [9.17, 15) is 16.8 Å². The molecule has 0 spiro atoms. The van der Waals surface area contributed by atoms with E-state index in [1.165, 1.54) is 0 Å². The van der Waals surface area contributed by atoms with Crippen LogP contribution in [0.15, 0.2) is 60.7 Å². The fourth-order valence-electron chi connectivity index (χ4n) is 4.84.